The van der Waals surface area contributed by atoms with E-state index < -0.39 is 5.41 Å². The van der Waals surface area contributed by atoms with E-state index in [-0.39, 0.29) is 17.9 Å². The molecular formula is C19H25NO6. The smallest absolute Gasteiger partial charge is 0.338 e. The zero-order chi connectivity index (χ0) is 18.7. The van der Waals surface area contributed by atoms with E-state index in [2.05, 4.69) is 0 Å². The van der Waals surface area contributed by atoms with Crippen LogP contribution in [0.2, 0.25) is 0 Å². The fourth-order valence-electron chi connectivity index (χ4n) is 3.44. The largest absolute Gasteiger partial charge is 0.491 e. The molecule has 7 nitrogen and oxygen atoms in total. The summed E-state index contributed by atoms with van der Waals surface area (Å²) in [7, 11) is 1.59. The predicted octanol–water partition coefficient (Wildman–Crippen LogP) is 1.81. The van der Waals surface area contributed by atoms with Crippen molar-refractivity contribution in [3.8, 4) is 5.75 Å². The van der Waals surface area contributed by atoms with E-state index in [0.29, 0.717) is 50.9 Å². The van der Waals surface area contributed by atoms with Crippen LogP contribution in [0.5, 0.6) is 5.75 Å². The average Bonchev–Trinajstić information content (AvgIpc) is 2.76. The molecule has 2 aliphatic heterocycles. The number of carbonyl (C=O) groups excluding carboxylic acids is 2. The van der Waals surface area contributed by atoms with Crippen molar-refractivity contribution in [3.05, 3.63) is 29.3 Å². The maximum Gasteiger partial charge on any atom is 0.338 e. The molecule has 142 valence electrons. The van der Waals surface area contributed by atoms with Gasteiger partial charge in [0.25, 0.3) is 0 Å². The van der Waals surface area contributed by atoms with Crippen LogP contribution in [0.15, 0.2) is 18.2 Å². The first-order valence-corrected chi connectivity index (χ1v) is 8.84. The first kappa shape index (κ1) is 18.7. The van der Waals surface area contributed by atoms with Crippen LogP contribution < -0.4 is 4.74 Å². The number of fused-ring (bicyclic) bond motifs is 1. The quantitative estimate of drug-likeness (QED) is 0.743. The third-order valence-corrected chi connectivity index (χ3v) is 4.92. The van der Waals surface area contributed by atoms with E-state index in [9.17, 15) is 9.59 Å². The molecule has 0 radical (unpaired) electrons. The third kappa shape index (κ3) is 3.29. The Kier molecular flexibility index (Phi) is 5.48. The van der Waals surface area contributed by atoms with E-state index in [0.717, 1.165) is 5.56 Å². The Morgan fingerprint density at radius 2 is 2.12 bits per heavy atom. The fourth-order valence-corrected chi connectivity index (χ4v) is 3.44. The number of hydrogen-bond acceptors (Lipinski definition) is 6. The molecule has 7 heteroatoms. The lowest BCUT2D eigenvalue weighted by Gasteiger charge is -2.43. The Morgan fingerprint density at radius 3 is 2.73 bits per heavy atom. The van der Waals surface area contributed by atoms with Gasteiger partial charge in [-0.05, 0) is 26.0 Å². The minimum Gasteiger partial charge on any atom is -0.491 e. The normalized spacial score (nSPS) is 21.0. The van der Waals surface area contributed by atoms with Gasteiger partial charge in [0.15, 0.2) is 0 Å². The number of esters is 1. The van der Waals surface area contributed by atoms with Crippen LogP contribution in [0.3, 0.4) is 0 Å². The summed E-state index contributed by atoms with van der Waals surface area (Å²) < 4.78 is 21.4. The summed E-state index contributed by atoms with van der Waals surface area (Å²) in [6, 6.07) is 5.06. The molecule has 0 bridgehead atoms. The Morgan fingerprint density at radius 1 is 1.35 bits per heavy atom. The monoisotopic (exact) mass is 363 g/mol. The van der Waals surface area contributed by atoms with Crippen LogP contribution >= 0.6 is 0 Å². The third-order valence-electron chi connectivity index (χ3n) is 4.92. The molecule has 1 amide bonds. The second-order valence-electron chi connectivity index (χ2n) is 6.70. The molecule has 0 aromatic heterocycles. The number of carbonyl (C=O) groups is 2. The molecule has 0 N–H and O–H groups in total. The fraction of sp³-hybridized carbons (Fsp3) is 0.579. The van der Waals surface area contributed by atoms with Crippen LogP contribution in [0.1, 0.15) is 35.8 Å². The zero-order valence-corrected chi connectivity index (χ0v) is 15.4. The number of benzene rings is 1. The molecule has 0 unspecified atom stereocenters. The highest BCUT2D eigenvalue weighted by Gasteiger charge is 2.49. The van der Waals surface area contributed by atoms with Crippen molar-refractivity contribution in [2.45, 2.75) is 19.9 Å². The Labute approximate surface area is 153 Å². The van der Waals surface area contributed by atoms with Crippen LogP contribution in [0, 0.1) is 5.41 Å². The molecule has 26 heavy (non-hydrogen) atoms. The molecule has 1 aromatic carbocycles. The first-order chi connectivity index (χ1) is 12.5. The molecule has 2 heterocycles. The van der Waals surface area contributed by atoms with Crippen molar-refractivity contribution in [1.82, 2.24) is 4.90 Å². The van der Waals surface area contributed by atoms with Gasteiger partial charge in [0, 0.05) is 12.7 Å². The topological polar surface area (TPSA) is 74.3 Å². The highest BCUT2D eigenvalue weighted by molar-refractivity contribution is 5.90. The van der Waals surface area contributed by atoms with Crippen LogP contribution in [0.25, 0.3) is 0 Å². The number of hydrogen-bond donors (Lipinski definition) is 0. The molecule has 1 saturated heterocycles. The summed E-state index contributed by atoms with van der Waals surface area (Å²) in [4.78, 5) is 26.9. The van der Waals surface area contributed by atoms with E-state index >= 15 is 0 Å². The Hall–Kier alpha value is -2.12. The number of ether oxygens (including phenoxy) is 4. The van der Waals surface area contributed by atoms with Gasteiger partial charge >= 0.3 is 5.97 Å². The maximum absolute atomic E-state index is 13.2. The van der Waals surface area contributed by atoms with Crippen molar-refractivity contribution in [2.75, 3.05) is 46.7 Å². The van der Waals surface area contributed by atoms with Crippen LogP contribution in [-0.2, 0) is 19.0 Å². The van der Waals surface area contributed by atoms with Gasteiger partial charge in [-0.2, -0.15) is 0 Å². The highest BCUT2D eigenvalue weighted by Crippen LogP contribution is 2.37. The van der Waals surface area contributed by atoms with Gasteiger partial charge in [0.2, 0.25) is 5.91 Å². The van der Waals surface area contributed by atoms with Gasteiger partial charge < -0.3 is 23.8 Å². The van der Waals surface area contributed by atoms with Crippen molar-refractivity contribution in [1.29, 1.82) is 0 Å². The van der Waals surface area contributed by atoms with Gasteiger partial charge in [-0.1, -0.05) is 6.07 Å². The minimum absolute atomic E-state index is 0.0176. The first-order valence-electron chi connectivity index (χ1n) is 8.84. The lowest BCUT2D eigenvalue weighted by atomic mass is 9.84. The van der Waals surface area contributed by atoms with Gasteiger partial charge in [0.1, 0.15) is 17.8 Å². The van der Waals surface area contributed by atoms with E-state index in [1.54, 1.807) is 26.2 Å². The summed E-state index contributed by atoms with van der Waals surface area (Å²) in [5.74, 6) is 0.252. The SMILES string of the molecule is CCOC(=O)c1ccc2c(c1)OCCN(C(=O)C1(COC)COC1)[C@H]2C. The molecule has 0 saturated carbocycles. The molecule has 0 aliphatic carbocycles. The molecule has 2 aliphatic rings. The zero-order valence-electron chi connectivity index (χ0n) is 15.4. The highest BCUT2D eigenvalue weighted by atomic mass is 16.5. The Balaban J connectivity index is 1.85. The van der Waals surface area contributed by atoms with E-state index in [1.807, 2.05) is 17.9 Å². The maximum atomic E-state index is 13.2. The standard InChI is InChI=1S/C19H25NO6/c1-4-25-17(21)14-5-6-15-13(2)20(7-8-26-16(15)9-14)18(22)19(10-23-3)11-24-12-19/h5-6,9,13H,4,7-8,10-12H2,1-3H3/t13-/m0/s1. The van der Waals surface area contributed by atoms with Gasteiger partial charge in [-0.15, -0.1) is 0 Å². The summed E-state index contributed by atoms with van der Waals surface area (Å²) in [5, 5.41) is 0. The predicted molar refractivity (Wildman–Crippen MR) is 93.1 cm³/mol. The molecule has 1 aromatic rings. The van der Waals surface area contributed by atoms with Crippen molar-refractivity contribution in [3.63, 3.8) is 0 Å². The second-order valence-corrected chi connectivity index (χ2v) is 6.70. The second kappa shape index (κ2) is 7.63. The minimum atomic E-state index is -0.613. The van der Waals surface area contributed by atoms with Crippen LogP contribution in [0.4, 0.5) is 0 Å². The van der Waals surface area contributed by atoms with Gasteiger partial charge in [-0.25, -0.2) is 4.79 Å². The van der Waals surface area contributed by atoms with Crippen molar-refractivity contribution in [2.24, 2.45) is 5.41 Å². The van der Waals surface area contributed by atoms with E-state index in [1.165, 1.54) is 0 Å². The summed E-state index contributed by atoms with van der Waals surface area (Å²) in [6.45, 7) is 5.97. The molecule has 3 rings (SSSR count). The Bertz CT molecular complexity index is 685. The molecular weight excluding hydrogens is 338 g/mol. The molecule has 1 atom stereocenters. The number of amides is 1. The van der Waals surface area contributed by atoms with E-state index in [4.69, 9.17) is 18.9 Å². The number of rotatable bonds is 5. The van der Waals surface area contributed by atoms with Gasteiger partial charge in [0.05, 0.1) is 44.6 Å². The van der Waals surface area contributed by atoms with Crippen molar-refractivity contribution < 1.29 is 28.5 Å². The molecule has 0 spiro atoms. The van der Waals surface area contributed by atoms with Crippen molar-refractivity contribution >= 4 is 11.9 Å². The average molecular weight is 363 g/mol. The lowest BCUT2D eigenvalue weighted by molar-refractivity contribution is -0.184. The summed E-state index contributed by atoms with van der Waals surface area (Å²) in [5.41, 5.74) is 0.704. The number of nitrogens with zero attached hydrogens (tertiary/aromatic N) is 1. The number of methoxy groups -OCH3 is 1. The van der Waals surface area contributed by atoms with Crippen LogP contribution in [-0.4, -0.2) is 63.5 Å². The summed E-state index contributed by atoms with van der Waals surface area (Å²) in [6.07, 6.45) is 0. The summed E-state index contributed by atoms with van der Waals surface area (Å²) >= 11 is 0. The van der Waals surface area contributed by atoms with Gasteiger partial charge in [-0.3, -0.25) is 4.79 Å². The molecule has 1 fully saturated rings. The lowest BCUT2D eigenvalue weighted by Crippen LogP contribution is -2.58.